The Morgan fingerprint density at radius 2 is 1.92 bits per heavy atom. The van der Waals surface area contributed by atoms with Crippen molar-refractivity contribution in [3.63, 3.8) is 0 Å². The monoisotopic (exact) mass is 338 g/mol. The lowest BCUT2D eigenvalue weighted by Crippen LogP contribution is -2.36. The van der Waals surface area contributed by atoms with Gasteiger partial charge in [0.25, 0.3) is 0 Å². The van der Waals surface area contributed by atoms with Crippen LogP contribution in [0.3, 0.4) is 0 Å². The molecule has 2 aliphatic heterocycles. The number of hydrogen-bond acceptors (Lipinski definition) is 3. The first-order chi connectivity index (χ1) is 12.1. The molecular weight excluding hydrogens is 312 g/mol. The van der Waals surface area contributed by atoms with Gasteiger partial charge in [0.2, 0.25) is 5.91 Å². The molecule has 2 aromatic rings. The Kier molecular flexibility index (Phi) is 4.34. The molecule has 2 saturated heterocycles. The zero-order chi connectivity index (χ0) is 17.4. The third-order valence-corrected chi connectivity index (χ3v) is 5.50. The van der Waals surface area contributed by atoms with Crippen LogP contribution in [0, 0.1) is 0 Å². The minimum atomic E-state index is 0.293. The highest BCUT2D eigenvalue weighted by Crippen LogP contribution is 2.34. The number of fused-ring (bicyclic) bond motifs is 1. The van der Waals surface area contributed by atoms with Gasteiger partial charge in [0.1, 0.15) is 0 Å². The van der Waals surface area contributed by atoms with Gasteiger partial charge >= 0.3 is 0 Å². The lowest BCUT2D eigenvalue weighted by molar-refractivity contribution is -0.129. The average Bonchev–Trinajstić information content (AvgIpc) is 3.28. The third-order valence-electron chi connectivity index (χ3n) is 5.50. The minimum Gasteiger partial charge on any atom is -0.334 e. The molecule has 0 N–H and O–H groups in total. The molecule has 1 amide bonds. The lowest BCUT2D eigenvalue weighted by atomic mass is 10.1. The predicted molar refractivity (Wildman–Crippen MR) is 96.8 cm³/mol. The molecule has 0 radical (unpaired) electrons. The first kappa shape index (κ1) is 16.3. The van der Waals surface area contributed by atoms with E-state index in [1.807, 2.05) is 29.1 Å². The quantitative estimate of drug-likeness (QED) is 0.842. The van der Waals surface area contributed by atoms with Gasteiger partial charge in [-0.3, -0.25) is 14.4 Å². The van der Waals surface area contributed by atoms with Crippen molar-refractivity contribution in [3.05, 3.63) is 53.9 Å². The number of nitrogens with zero attached hydrogens (tertiary/aromatic N) is 4. The van der Waals surface area contributed by atoms with E-state index in [1.54, 1.807) is 0 Å². The maximum absolute atomic E-state index is 12.6. The first-order valence-corrected chi connectivity index (χ1v) is 9.22. The van der Waals surface area contributed by atoms with Gasteiger partial charge in [-0.15, -0.1) is 0 Å². The molecule has 0 spiro atoms. The van der Waals surface area contributed by atoms with Crippen LogP contribution in [0.5, 0.6) is 0 Å². The molecule has 0 unspecified atom stereocenters. The number of likely N-dealkylation sites (tertiary alicyclic amines) is 2. The van der Waals surface area contributed by atoms with E-state index in [1.165, 1.54) is 11.1 Å². The molecule has 0 saturated carbocycles. The van der Waals surface area contributed by atoms with Gasteiger partial charge in [0.05, 0.1) is 6.20 Å². The molecule has 0 aliphatic carbocycles. The Morgan fingerprint density at radius 1 is 1.12 bits per heavy atom. The standard InChI is InChI=1S/C20H26N4O/c1-15(2)24-14-17(11-21-24)12-22-9-8-18-19(22)10-20(25)23(18)13-16-6-4-3-5-7-16/h3-7,11,14-15,18-19H,8-10,12-13H2,1-2H3/t18-,19-/m0/s1. The van der Waals surface area contributed by atoms with Crippen LogP contribution in [0.4, 0.5) is 0 Å². The van der Waals surface area contributed by atoms with E-state index in [9.17, 15) is 4.79 Å². The molecule has 2 atom stereocenters. The summed E-state index contributed by atoms with van der Waals surface area (Å²) >= 11 is 0. The number of rotatable bonds is 5. The van der Waals surface area contributed by atoms with Gasteiger partial charge in [-0.25, -0.2) is 0 Å². The van der Waals surface area contributed by atoms with E-state index in [4.69, 9.17) is 0 Å². The summed E-state index contributed by atoms with van der Waals surface area (Å²) in [5.41, 5.74) is 2.46. The molecule has 1 aromatic carbocycles. The van der Waals surface area contributed by atoms with Gasteiger partial charge in [0.15, 0.2) is 0 Å². The van der Waals surface area contributed by atoms with E-state index in [-0.39, 0.29) is 0 Å². The molecule has 1 aromatic heterocycles. The normalized spacial score (nSPS) is 23.6. The minimum absolute atomic E-state index is 0.293. The zero-order valence-electron chi connectivity index (χ0n) is 15.0. The van der Waals surface area contributed by atoms with Crippen LogP contribution in [-0.4, -0.2) is 44.1 Å². The number of amides is 1. The van der Waals surface area contributed by atoms with Gasteiger partial charge < -0.3 is 4.90 Å². The SMILES string of the molecule is CC(C)n1cc(CN2CC[C@H]3[C@@H]2CC(=O)N3Cc2ccccc2)cn1. The maximum Gasteiger partial charge on any atom is 0.224 e. The van der Waals surface area contributed by atoms with Crippen LogP contribution >= 0.6 is 0 Å². The van der Waals surface area contributed by atoms with E-state index in [2.05, 4.69) is 47.1 Å². The van der Waals surface area contributed by atoms with Crippen molar-refractivity contribution in [1.82, 2.24) is 19.6 Å². The van der Waals surface area contributed by atoms with Crippen LogP contribution in [0.25, 0.3) is 0 Å². The second kappa shape index (κ2) is 6.64. The Morgan fingerprint density at radius 3 is 2.64 bits per heavy atom. The first-order valence-electron chi connectivity index (χ1n) is 9.22. The van der Waals surface area contributed by atoms with Crippen molar-refractivity contribution in [1.29, 1.82) is 0 Å². The van der Waals surface area contributed by atoms with Crippen LogP contribution in [0.1, 0.15) is 43.9 Å². The average molecular weight is 338 g/mol. The fraction of sp³-hybridized carbons (Fsp3) is 0.500. The second-order valence-corrected chi connectivity index (χ2v) is 7.53. The van der Waals surface area contributed by atoms with Crippen LogP contribution in [0.15, 0.2) is 42.7 Å². The van der Waals surface area contributed by atoms with E-state index in [0.717, 1.165) is 26.1 Å². The number of benzene rings is 1. The van der Waals surface area contributed by atoms with Crippen molar-refractivity contribution in [3.8, 4) is 0 Å². The summed E-state index contributed by atoms with van der Waals surface area (Å²) in [4.78, 5) is 17.1. The molecule has 2 aliphatic rings. The van der Waals surface area contributed by atoms with E-state index in [0.29, 0.717) is 30.5 Å². The topological polar surface area (TPSA) is 41.4 Å². The molecule has 4 rings (SSSR count). The molecule has 3 heterocycles. The third kappa shape index (κ3) is 3.21. The molecule has 5 heteroatoms. The summed E-state index contributed by atoms with van der Waals surface area (Å²) in [5, 5.41) is 4.44. The summed E-state index contributed by atoms with van der Waals surface area (Å²) in [6.07, 6.45) is 5.82. The number of carbonyl (C=O) groups excluding carboxylic acids is 1. The second-order valence-electron chi connectivity index (χ2n) is 7.53. The largest absolute Gasteiger partial charge is 0.334 e. The fourth-order valence-corrected chi connectivity index (χ4v) is 4.17. The summed E-state index contributed by atoms with van der Waals surface area (Å²) in [6, 6.07) is 11.4. The summed E-state index contributed by atoms with van der Waals surface area (Å²) in [6.45, 7) is 6.96. The Balaban J connectivity index is 1.44. The molecular formula is C20H26N4O. The predicted octanol–water partition coefficient (Wildman–Crippen LogP) is 2.84. The number of carbonyl (C=O) groups is 1. The molecule has 0 bridgehead atoms. The summed E-state index contributed by atoms with van der Waals surface area (Å²) in [7, 11) is 0. The molecule has 2 fully saturated rings. The van der Waals surface area contributed by atoms with Crippen LogP contribution in [0.2, 0.25) is 0 Å². The van der Waals surface area contributed by atoms with Crippen molar-refractivity contribution in [2.75, 3.05) is 6.54 Å². The highest BCUT2D eigenvalue weighted by atomic mass is 16.2. The number of aromatic nitrogens is 2. The highest BCUT2D eigenvalue weighted by Gasteiger charge is 2.46. The van der Waals surface area contributed by atoms with Gasteiger partial charge in [-0.2, -0.15) is 5.10 Å². The smallest absolute Gasteiger partial charge is 0.224 e. The summed E-state index contributed by atoms with van der Waals surface area (Å²) in [5.74, 6) is 0.293. The lowest BCUT2D eigenvalue weighted by Gasteiger charge is -2.25. The zero-order valence-corrected chi connectivity index (χ0v) is 15.0. The van der Waals surface area contributed by atoms with Crippen molar-refractivity contribution < 1.29 is 4.79 Å². The van der Waals surface area contributed by atoms with Crippen LogP contribution < -0.4 is 0 Å². The van der Waals surface area contributed by atoms with E-state index >= 15 is 0 Å². The van der Waals surface area contributed by atoms with Crippen LogP contribution in [-0.2, 0) is 17.9 Å². The van der Waals surface area contributed by atoms with Crippen molar-refractivity contribution in [2.24, 2.45) is 0 Å². The molecule has 5 nitrogen and oxygen atoms in total. The van der Waals surface area contributed by atoms with Gasteiger partial charge in [0, 0.05) is 55.9 Å². The Hall–Kier alpha value is -2.14. The summed E-state index contributed by atoms with van der Waals surface area (Å²) < 4.78 is 2.00. The Labute approximate surface area is 149 Å². The molecule has 132 valence electrons. The molecule has 25 heavy (non-hydrogen) atoms. The van der Waals surface area contributed by atoms with Gasteiger partial charge in [-0.1, -0.05) is 30.3 Å². The fourth-order valence-electron chi connectivity index (χ4n) is 4.17. The Bertz CT molecular complexity index is 739. The maximum atomic E-state index is 12.6. The number of hydrogen-bond donors (Lipinski definition) is 0. The van der Waals surface area contributed by atoms with Gasteiger partial charge in [-0.05, 0) is 25.8 Å². The van der Waals surface area contributed by atoms with Crippen molar-refractivity contribution >= 4 is 5.91 Å². The van der Waals surface area contributed by atoms with Crippen molar-refractivity contribution in [2.45, 2.75) is 57.9 Å². The highest BCUT2D eigenvalue weighted by molar-refractivity contribution is 5.80. The van der Waals surface area contributed by atoms with E-state index < -0.39 is 0 Å².